The Morgan fingerprint density at radius 1 is 1.37 bits per heavy atom. The predicted octanol–water partition coefficient (Wildman–Crippen LogP) is 1.67. The zero-order valence-electron chi connectivity index (χ0n) is 10.7. The van der Waals surface area contributed by atoms with Crippen LogP contribution in [0.3, 0.4) is 0 Å². The fourth-order valence-electron chi connectivity index (χ4n) is 1.36. The molecule has 19 heavy (non-hydrogen) atoms. The summed E-state index contributed by atoms with van der Waals surface area (Å²) in [7, 11) is 3.81. The number of aromatic carboxylic acids is 1. The van der Waals surface area contributed by atoms with Gasteiger partial charge in [-0.3, -0.25) is 0 Å². The number of carboxylic acid groups (broad SMARTS) is 1. The van der Waals surface area contributed by atoms with Crippen molar-refractivity contribution in [1.82, 2.24) is 10.2 Å². The molecule has 0 unspecified atom stereocenters. The number of carboxylic acids is 1. The quantitative estimate of drug-likeness (QED) is 0.682. The first-order valence-electron chi connectivity index (χ1n) is 5.62. The largest absolute Gasteiger partial charge is 0.478 e. The van der Waals surface area contributed by atoms with Crippen molar-refractivity contribution >= 4 is 40.3 Å². The summed E-state index contributed by atoms with van der Waals surface area (Å²) < 4.78 is 0.800. The van der Waals surface area contributed by atoms with E-state index in [0.29, 0.717) is 13.1 Å². The van der Waals surface area contributed by atoms with Crippen molar-refractivity contribution in [3.05, 3.63) is 27.3 Å². The molecule has 0 saturated heterocycles. The molecule has 3 N–H and O–H groups in total. The lowest BCUT2D eigenvalue weighted by Gasteiger charge is -2.12. The second-order valence-corrected chi connectivity index (χ2v) is 5.42. The van der Waals surface area contributed by atoms with Crippen molar-refractivity contribution in [2.75, 3.05) is 32.5 Å². The van der Waals surface area contributed by atoms with Crippen molar-refractivity contribution in [3.8, 4) is 0 Å². The van der Waals surface area contributed by atoms with E-state index in [2.05, 4.69) is 10.6 Å². The van der Waals surface area contributed by atoms with Crippen molar-refractivity contribution in [3.63, 3.8) is 0 Å². The second kappa shape index (κ2) is 7.29. The zero-order chi connectivity index (χ0) is 14.4. The second-order valence-electron chi connectivity index (χ2n) is 4.18. The van der Waals surface area contributed by atoms with Gasteiger partial charge in [-0.2, -0.15) is 0 Å². The number of carbonyl (C=O) groups excluding carboxylic acids is 1. The van der Waals surface area contributed by atoms with Gasteiger partial charge in [0.05, 0.1) is 11.3 Å². The predicted molar refractivity (Wildman–Crippen MR) is 81.7 cm³/mol. The molecule has 104 valence electrons. The van der Waals surface area contributed by atoms with Crippen LogP contribution in [0.15, 0.2) is 18.2 Å². The third kappa shape index (κ3) is 5.43. The van der Waals surface area contributed by atoms with Crippen LogP contribution in [-0.2, 0) is 0 Å². The molecule has 0 aromatic heterocycles. The molecule has 0 radical (unpaired) electrons. The van der Waals surface area contributed by atoms with Gasteiger partial charge in [0.1, 0.15) is 0 Å². The van der Waals surface area contributed by atoms with Crippen LogP contribution in [0.5, 0.6) is 0 Å². The first kappa shape index (κ1) is 15.7. The molecule has 0 fully saturated rings. The molecule has 1 rings (SSSR count). The summed E-state index contributed by atoms with van der Waals surface area (Å²) in [6.45, 7) is 1.21. The summed E-state index contributed by atoms with van der Waals surface area (Å²) in [4.78, 5) is 24.6. The number of nitrogens with zero attached hydrogens (tertiary/aromatic N) is 1. The number of hydrogen-bond donors (Lipinski definition) is 3. The average Bonchev–Trinajstić information content (AvgIpc) is 2.30. The lowest BCUT2D eigenvalue weighted by Crippen LogP contribution is -2.34. The smallest absolute Gasteiger partial charge is 0.337 e. The molecule has 1 aromatic carbocycles. The fraction of sp³-hybridized carbons (Fsp3) is 0.333. The average molecular weight is 377 g/mol. The number of carbonyl (C=O) groups is 2. The van der Waals surface area contributed by atoms with Crippen LogP contribution in [0.4, 0.5) is 10.5 Å². The molecular formula is C12H16IN3O3. The lowest BCUT2D eigenvalue weighted by molar-refractivity contribution is 0.0698. The van der Waals surface area contributed by atoms with Crippen molar-refractivity contribution in [2.24, 2.45) is 0 Å². The SMILES string of the molecule is CN(C)CCNC(=O)Nc1ccc(I)cc1C(=O)O. The van der Waals surface area contributed by atoms with E-state index >= 15 is 0 Å². The molecule has 7 heteroatoms. The van der Waals surface area contributed by atoms with E-state index < -0.39 is 12.0 Å². The van der Waals surface area contributed by atoms with Crippen LogP contribution >= 0.6 is 22.6 Å². The summed E-state index contributed by atoms with van der Waals surface area (Å²) in [5.41, 5.74) is 0.366. The number of rotatable bonds is 5. The van der Waals surface area contributed by atoms with Gasteiger partial charge in [0.15, 0.2) is 0 Å². The Hall–Kier alpha value is -1.35. The Bertz CT molecular complexity index is 477. The van der Waals surface area contributed by atoms with E-state index in [4.69, 9.17) is 5.11 Å². The molecule has 0 bridgehead atoms. The molecule has 0 atom stereocenters. The van der Waals surface area contributed by atoms with Gasteiger partial charge in [0, 0.05) is 16.7 Å². The van der Waals surface area contributed by atoms with Gasteiger partial charge >= 0.3 is 12.0 Å². The normalized spacial score (nSPS) is 10.3. The van der Waals surface area contributed by atoms with Crippen LogP contribution in [0.1, 0.15) is 10.4 Å². The highest BCUT2D eigenvalue weighted by atomic mass is 127. The number of urea groups is 1. The minimum atomic E-state index is -1.07. The fourth-order valence-corrected chi connectivity index (χ4v) is 1.85. The Balaban J connectivity index is 2.66. The summed E-state index contributed by atoms with van der Waals surface area (Å²) in [5.74, 6) is -1.07. The van der Waals surface area contributed by atoms with E-state index in [1.54, 1.807) is 12.1 Å². The molecule has 0 saturated carbocycles. The minimum absolute atomic E-state index is 0.0784. The van der Waals surface area contributed by atoms with Crippen LogP contribution in [0.2, 0.25) is 0 Å². The van der Waals surface area contributed by atoms with Gasteiger partial charge in [-0.25, -0.2) is 9.59 Å². The third-order valence-electron chi connectivity index (χ3n) is 2.30. The maximum Gasteiger partial charge on any atom is 0.337 e. The first-order chi connectivity index (χ1) is 8.90. The molecule has 1 aromatic rings. The Morgan fingerprint density at radius 3 is 2.63 bits per heavy atom. The van der Waals surface area contributed by atoms with E-state index in [1.807, 2.05) is 41.6 Å². The highest BCUT2D eigenvalue weighted by Crippen LogP contribution is 2.18. The maximum atomic E-state index is 11.6. The summed E-state index contributed by atoms with van der Waals surface area (Å²) in [6, 6.07) is 4.42. The Kier molecular flexibility index (Phi) is 6.03. The van der Waals surface area contributed by atoms with Gasteiger partial charge in [0.2, 0.25) is 0 Å². The van der Waals surface area contributed by atoms with Crippen LogP contribution < -0.4 is 10.6 Å². The number of likely N-dealkylation sites (N-methyl/N-ethyl adjacent to an activating group) is 1. The monoisotopic (exact) mass is 377 g/mol. The topological polar surface area (TPSA) is 81.7 Å². The standard InChI is InChI=1S/C12H16IN3O3/c1-16(2)6-5-14-12(19)15-10-4-3-8(13)7-9(10)11(17)18/h3-4,7H,5-6H2,1-2H3,(H,17,18)(H2,14,15,19). The molecule has 2 amide bonds. The van der Waals surface area contributed by atoms with Gasteiger partial charge in [0.25, 0.3) is 0 Å². The highest BCUT2D eigenvalue weighted by Gasteiger charge is 2.12. The zero-order valence-corrected chi connectivity index (χ0v) is 12.9. The van der Waals surface area contributed by atoms with Crippen LogP contribution in [0.25, 0.3) is 0 Å². The number of hydrogen-bond acceptors (Lipinski definition) is 3. The lowest BCUT2D eigenvalue weighted by atomic mass is 10.2. The number of nitrogens with one attached hydrogen (secondary N) is 2. The van der Waals surface area contributed by atoms with Crippen molar-refractivity contribution < 1.29 is 14.7 Å². The number of amides is 2. The molecule has 0 aliphatic rings. The van der Waals surface area contributed by atoms with E-state index in [0.717, 1.165) is 3.57 Å². The van der Waals surface area contributed by atoms with Gasteiger partial charge in [-0.1, -0.05) is 0 Å². The van der Waals surface area contributed by atoms with Crippen molar-refractivity contribution in [1.29, 1.82) is 0 Å². The van der Waals surface area contributed by atoms with Crippen LogP contribution in [0, 0.1) is 3.57 Å². The maximum absolute atomic E-state index is 11.6. The van der Waals surface area contributed by atoms with E-state index in [1.165, 1.54) is 6.07 Å². The number of benzene rings is 1. The molecule has 0 aliphatic heterocycles. The first-order valence-corrected chi connectivity index (χ1v) is 6.70. The molecule has 0 heterocycles. The summed E-state index contributed by atoms with van der Waals surface area (Å²) >= 11 is 2.02. The molecule has 0 aliphatic carbocycles. The summed E-state index contributed by atoms with van der Waals surface area (Å²) in [5, 5.41) is 14.3. The molecule has 6 nitrogen and oxygen atoms in total. The van der Waals surface area contributed by atoms with Crippen molar-refractivity contribution in [2.45, 2.75) is 0 Å². The minimum Gasteiger partial charge on any atom is -0.478 e. The highest BCUT2D eigenvalue weighted by molar-refractivity contribution is 14.1. The molecular weight excluding hydrogens is 361 g/mol. The van der Waals surface area contributed by atoms with Gasteiger partial charge in [-0.05, 0) is 54.9 Å². The van der Waals surface area contributed by atoms with Gasteiger partial charge in [-0.15, -0.1) is 0 Å². The summed E-state index contributed by atoms with van der Waals surface area (Å²) in [6.07, 6.45) is 0. The van der Waals surface area contributed by atoms with Crippen LogP contribution in [-0.4, -0.2) is 49.2 Å². The Morgan fingerprint density at radius 2 is 2.05 bits per heavy atom. The van der Waals surface area contributed by atoms with Gasteiger partial charge < -0.3 is 20.6 Å². The third-order valence-corrected chi connectivity index (χ3v) is 2.98. The number of anilines is 1. The Labute approximate surface area is 125 Å². The van der Waals surface area contributed by atoms with E-state index in [9.17, 15) is 9.59 Å². The number of halogens is 1. The molecule has 0 spiro atoms. The van der Waals surface area contributed by atoms with E-state index in [-0.39, 0.29) is 11.3 Å².